The van der Waals surface area contributed by atoms with Crippen LogP contribution in [0.4, 0.5) is 11.5 Å². The molecule has 4 heterocycles. The van der Waals surface area contributed by atoms with Crippen LogP contribution in [-0.4, -0.2) is 96.9 Å². The van der Waals surface area contributed by atoms with E-state index in [1.54, 1.807) is 22.3 Å². The van der Waals surface area contributed by atoms with Gasteiger partial charge in [-0.1, -0.05) is 18.7 Å². The molecule has 210 valence electrons. The summed E-state index contributed by atoms with van der Waals surface area (Å²) in [5.74, 6) is 0.756. The summed E-state index contributed by atoms with van der Waals surface area (Å²) in [5, 5.41) is 7.89. The van der Waals surface area contributed by atoms with E-state index in [0.717, 1.165) is 65.3 Å². The molecule has 5 rings (SSSR count). The van der Waals surface area contributed by atoms with E-state index in [4.69, 9.17) is 30.7 Å². The summed E-state index contributed by atoms with van der Waals surface area (Å²) >= 11 is 1.68. The third-order valence-corrected chi connectivity index (χ3v) is 8.00. The zero-order valence-corrected chi connectivity index (χ0v) is 22.9. The van der Waals surface area contributed by atoms with Crippen LogP contribution >= 0.6 is 11.3 Å². The van der Waals surface area contributed by atoms with Crippen molar-refractivity contribution in [2.75, 3.05) is 69.7 Å². The smallest absolute Gasteiger partial charge is 0.266 e. The average molecular weight is 565 g/mol. The van der Waals surface area contributed by atoms with Crippen molar-refractivity contribution >= 4 is 51.1 Å². The highest BCUT2D eigenvalue weighted by atomic mass is 32.1. The summed E-state index contributed by atoms with van der Waals surface area (Å²) in [6, 6.07) is 7.63. The molecule has 13 heteroatoms. The summed E-state index contributed by atoms with van der Waals surface area (Å²) in [7, 11) is 0. The van der Waals surface area contributed by atoms with Crippen LogP contribution in [0, 0.1) is 5.41 Å². The van der Waals surface area contributed by atoms with E-state index in [2.05, 4.69) is 27.9 Å². The second-order valence-electron chi connectivity index (χ2n) is 9.47. The Morgan fingerprint density at radius 1 is 1.18 bits per heavy atom. The molecular weight excluding hydrogens is 532 g/mol. The SMILES string of the molecule is C=CC(=O)NOCC(=O)N1CCN(Cc2cc3nc(-c4cccc(N)c4C=N)nc(N4CCOCC4)c3s2)CC1. The zero-order valence-electron chi connectivity index (χ0n) is 22.1. The molecule has 2 aliphatic heterocycles. The summed E-state index contributed by atoms with van der Waals surface area (Å²) < 4.78 is 6.60. The lowest BCUT2D eigenvalue weighted by Gasteiger charge is -2.34. The molecule has 1 aromatic carbocycles. The number of fused-ring (bicyclic) bond motifs is 1. The van der Waals surface area contributed by atoms with Gasteiger partial charge < -0.3 is 25.7 Å². The van der Waals surface area contributed by atoms with E-state index in [-0.39, 0.29) is 12.5 Å². The van der Waals surface area contributed by atoms with Gasteiger partial charge in [0, 0.05) is 73.7 Å². The number of nitrogen functional groups attached to an aromatic ring is 1. The number of morpholine rings is 1. The number of nitrogens with one attached hydrogen (secondary N) is 2. The molecule has 0 saturated carbocycles. The standard InChI is InChI=1S/C27H32N8O4S/c1-2-23(36)32-39-17-24(37)34-8-6-33(7-9-34)16-18-14-22-25(40-18)27(35-10-12-38-13-11-35)31-26(30-22)19-4-3-5-21(29)20(19)15-28/h2-5,14-15,28H,1,6-13,16-17,29H2,(H,32,36). The number of thiophene rings is 1. The molecule has 0 bridgehead atoms. The Morgan fingerprint density at radius 2 is 1.95 bits per heavy atom. The largest absolute Gasteiger partial charge is 0.398 e. The van der Waals surface area contributed by atoms with Gasteiger partial charge in [0.05, 0.1) is 23.4 Å². The molecule has 2 fully saturated rings. The Balaban J connectivity index is 1.33. The molecule has 40 heavy (non-hydrogen) atoms. The lowest BCUT2D eigenvalue weighted by molar-refractivity contribution is -0.144. The Morgan fingerprint density at radius 3 is 2.67 bits per heavy atom. The molecule has 2 amide bonds. The highest BCUT2D eigenvalue weighted by molar-refractivity contribution is 7.19. The molecule has 12 nitrogen and oxygen atoms in total. The fraction of sp³-hybridized carbons (Fsp3) is 0.370. The number of nitrogens with zero attached hydrogens (tertiary/aromatic N) is 5. The van der Waals surface area contributed by atoms with Crippen molar-refractivity contribution < 1.29 is 19.2 Å². The minimum absolute atomic E-state index is 0.172. The van der Waals surface area contributed by atoms with Crippen molar-refractivity contribution in [1.82, 2.24) is 25.2 Å². The third-order valence-electron chi connectivity index (χ3n) is 6.90. The van der Waals surface area contributed by atoms with E-state index in [9.17, 15) is 9.59 Å². The van der Waals surface area contributed by atoms with E-state index in [1.807, 2.05) is 12.1 Å². The number of hydrogen-bond donors (Lipinski definition) is 3. The minimum Gasteiger partial charge on any atom is -0.398 e. The predicted molar refractivity (Wildman–Crippen MR) is 154 cm³/mol. The van der Waals surface area contributed by atoms with Gasteiger partial charge in [-0.25, -0.2) is 15.4 Å². The first-order valence-electron chi connectivity index (χ1n) is 13.0. The van der Waals surface area contributed by atoms with Crippen molar-refractivity contribution in [3.8, 4) is 11.4 Å². The van der Waals surface area contributed by atoms with Crippen LogP contribution in [0.2, 0.25) is 0 Å². The Bertz CT molecular complexity index is 1410. The zero-order chi connectivity index (χ0) is 28.1. The molecule has 0 radical (unpaired) electrons. The van der Waals surface area contributed by atoms with Crippen LogP contribution in [0.15, 0.2) is 36.9 Å². The average Bonchev–Trinajstić information content (AvgIpc) is 3.39. The molecule has 0 spiro atoms. The maximum Gasteiger partial charge on any atom is 0.266 e. The first-order valence-corrected chi connectivity index (χ1v) is 13.8. The maximum absolute atomic E-state index is 12.4. The third kappa shape index (κ3) is 6.12. The monoisotopic (exact) mass is 564 g/mol. The van der Waals surface area contributed by atoms with E-state index < -0.39 is 5.91 Å². The van der Waals surface area contributed by atoms with E-state index in [0.29, 0.717) is 43.4 Å². The molecule has 2 aromatic heterocycles. The van der Waals surface area contributed by atoms with Crippen molar-refractivity contribution in [3.05, 3.63) is 47.4 Å². The predicted octanol–water partition coefficient (Wildman–Crippen LogP) is 1.65. The number of piperazine rings is 1. The highest BCUT2D eigenvalue weighted by Crippen LogP contribution is 2.36. The number of carbonyl (C=O) groups excluding carboxylic acids is 2. The number of amides is 2. The fourth-order valence-corrected chi connectivity index (χ4v) is 5.92. The number of nitrogens with two attached hydrogens (primary N) is 1. The number of benzene rings is 1. The summed E-state index contributed by atoms with van der Waals surface area (Å²) in [6.45, 7) is 9.21. The van der Waals surface area contributed by atoms with Crippen LogP contribution in [0.5, 0.6) is 0 Å². The fourth-order valence-electron chi connectivity index (χ4n) is 4.77. The van der Waals surface area contributed by atoms with Gasteiger partial charge in [0.2, 0.25) is 0 Å². The highest BCUT2D eigenvalue weighted by Gasteiger charge is 2.24. The van der Waals surface area contributed by atoms with Crippen molar-refractivity contribution in [2.45, 2.75) is 6.54 Å². The number of hydroxylamine groups is 1. The molecule has 0 aliphatic carbocycles. The number of hydrogen-bond acceptors (Lipinski definition) is 11. The van der Waals surface area contributed by atoms with E-state index in [1.165, 1.54) is 6.21 Å². The van der Waals surface area contributed by atoms with Gasteiger partial charge in [0.15, 0.2) is 18.2 Å². The van der Waals surface area contributed by atoms with Crippen molar-refractivity contribution in [3.63, 3.8) is 0 Å². The second-order valence-corrected chi connectivity index (χ2v) is 10.6. The van der Waals surface area contributed by atoms with Crippen LogP contribution in [0.25, 0.3) is 21.6 Å². The number of aromatic nitrogens is 2. The van der Waals surface area contributed by atoms with Crippen molar-refractivity contribution in [2.24, 2.45) is 0 Å². The lowest BCUT2D eigenvalue weighted by atomic mass is 10.1. The summed E-state index contributed by atoms with van der Waals surface area (Å²) in [6.07, 6.45) is 2.33. The topological polar surface area (TPSA) is 150 Å². The van der Waals surface area contributed by atoms with Gasteiger partial charge in [-0.2, -0.15) is 0 Å². The van der Waals surface area contributed by atoms with Gasteiger partial charge in [-0.15, -0.1) is 11.3 Å². The first-order chi connectivity index (χ1) is 19.5. The first kappa shape index (κ1) is 27.6. The van der Waals surface area contributed by atoms with Gasteiger partial charge in [-0.05, 0) is 18.2 Å². The van der Waals surface area contributed by atoms with Gasteiger partial charge in [-0.3, -0.25) is 19.3 Å². The van der Waals surface area contributed by atoms with Crippen LogP contribution in [-0.2, 0) is 25.7 Å². The lowest BCUT2D eigenvalue weighted by Crippen LogP contribution is -2.49. The van der Waals surface area contributed by atoms with Crippen LogP contribution in [0.1, 0.15) is 10.4 Å². The molecular formula is C27H32N8O4S. The molecule has 3 aromatic rings. The molecule has 0 atom stereocenters. The summed E-state index contributed by atoms with van der Waals surface area (Å²) in [5.41, 5.74) is 11.0. The number of rotatable bonds is 9. The maximum atomic E-state index is 12.4. The Labute approximate surface area is 235 Å². The Hall–Kier alpha value is -3.91. The van der Waals surface area contributed by atoms with Gasteiger partial charge >= 0.3 is 0 Å². The molecule has 0 unspecified atom stereocenters. The minimum atomic E-state index is -0.488. The molecule has 2 saturated heterocycles. The number of carbonyl (C=O) groups is 2. The van der Waals surface area contributed by atoms with Crippen LogP contribution in [0.3, 0.4) is 0 Å². The summed E-state index contributed by atoms with van der Waals surface area (Å²) in [4.78, 5) is 45.9. The number of ether oxygens (including phenoxy) is 1. The van der Waals surface area contributed by atoms with Gasteiger partial charge in [0.25, 0.3) is 11.8 Å². The number of anilines is 2. The Kier molecular flexibility index (Phi) is 8.65. The molecule has 4 N–H and O–H groups in total. The van der Waals surface area contributed by atoms with E-state index >= 15 is 0 Å². The van der Waals surface area contributed by atoms with Gasteiger partial charge in [0.1, 0.15) is 0 Å². The quantitative estimate of drug-likeness (QED) is 0.153. The molecule has 2 aliphatic rings. The normalized spacial score (nSPS) is 16.2. The second kappa shape index (κ2) is 12.5. The van der Waals surface area contributed by atoms with Crippen LogP contribution < -0.4 is 16.1 Å². The van der Waals surface area contributed by atoms with Crippen molar-refractivity contribution in [1.29, 1.82) is 5.41 Å².